The molecule has 1 N–H and O–H groups in total. The van der Waals surface area contributed by atoms with Crippen LogP contribution in [0.1, 0.15) is 40.7 Å². The van der Waals surface area contributed by atoms with E-state index in [1.807, 2.05) is 0 Å². The van der Waals surface area contributed by atoms with Crippen molar-refractivity contribution in [2.75, 3.05) is 6.54 Å². The maximum absolute atomic E-state index is 3.52. The van der Waals surface area contributed by atoms with E-state index < -0.39 is 0 Å². The zero-order valence-corrected chi connectivity index (χ0v) is 9.53. The molecule has 80 valence electrons. The maximum Gasteiger partial charge on any atom is 0.0211 e. The number of hydrogen-bond donors (Lipinski definition) is 1. The van der Waals surface area contributed by atoms with Crippen LogP contribution in [0.2, 0.25) is 0 Å². The highest BCUT2D eigenvalue weighted by molar-refractivity contribution is 5.47. The van der Waals surface area contributed by atoms with Crippen molar-refractivity contribution in [2.24, 2.45) is 0 Å². The summed E-state index contributed by atoms with van der Waals surface area (Å²) in [7, 11) is 0. The summed E-state index contributed by atoms with van der Waals surface area (Å²) in [5.41, 5.74) is 8.16. The van der Waals surface area contributed by atoms with Crippen LogP contribution in [0.15, 0.2) is 6.07 Å². The first-order valence-electron chi connectivity index (χ1n) is 6.20. The summed E-state index contributed by atoms with van der Waals surface area (Å²) < 4.78 is 0. The third kappa shape index (κ3) is 1.50. The van der Waals surface area contributed by atoms with Crippen LogP contribution >= 0.6 is 0 Å². The molecule has 1 nitrogen and oxygen atoms in total. The van der Waals surface area contributed by atoms with E-state index in [1.165, 1.54) is 37.7 Å². The van der Waals surface area contributed by atoms with Gasteiger partial charge in [-0.05, 0) is 73.4 Å². The van der Waals surface area contributed by atoms with Crippen molar-refractivity contribution in [3.63, 3.8) is 0 Å². The fraction of sp³-hybridized carbons (Fsp3) is 0.571. The second-order valence-corrected chi connectivity index (χ2v) is 4.92. The van der Waals surface area contributed by atoms with Crippen molar-refractivity contribution >= 4 is 0 Å². The SMILES string of the molecule is Cc1cc2c(c3c1CCNC3)CCCC2. The molecule has 1 aromatic rings. The normalized spacial score (nSPS) is 19.5. The molecular formula is C14H19N. The first-order chi connectivity index (χ1) is 7.36. The van der Waals surface area contributed by atoms with Gasteiger partial charge in [0.25, 0.3) is 0 Å². The molecule has 1 aromatic carbocycles. The third-order valence-corrected chi connectivity index (χ3v) is 3.96. The Bertz CT molecular complexity index is 393. The van der Waals surface area contributed by atoms with Gasteiger partial charge in [-0.2, -0.15) is 0 Å². The second-order valence-electron chi connectivity index (χ2n) is 4.92. The van der Waals surface area contributed by atoms with Crippen LogP contribution < -0.4 is 5.32 Å². The summed E-state index contributed by atoms with van der Waals surface area (Å²) >= 11 is 0. The highest BCUT2D eigenvalue weighted by atomic mass is 14.9. The van der Waals surface area contributed by atoms with Crippen LogP contribution in [0, 0.1) is 6.92 Å². The van der Waals surface area contributed by atoms with Gasteiger partial charge in [0.2, 0.25) is 0 Å². The second kappa shape index (κ2) is 3.64. The molecule has 3 rings (SSSR count). The van der Waals surface area contributed by atoms with Crippen molar-refractivity contribution in [1.29, 1.82) is 0 Å². The van der Waals surface area contributed by atoms with E-state index in [4.69, 9.17) is 0 Å². The lowest BCUT2D eigenvalue weighted by atomic mass is 9.82. The Labute approximate surface area is 91.9 Å². The van der Waals surface area contributed by atoms with E-state index in [-0.39, 0.29) is 0 Å². The van der Waals surface area contributed by atoms with Crippen LogP contribution in [-0.4, -0.2) is 6.54 Å². The summed E-state index contributed by atoms with van der Waals surface area (Å²) in [6.45, 7) is 4.56. The Morgan fingerprint density at radius 2 is 1.87 bits per heavy atom. The van der Waals surface area contributed by atoms with E-state index >= 15 is 0 Å². The fourth-order valence-electron chi connectivity index (χ4n) is 3.19. The molecule has 1 aliphatic carbocycles. The Hall–Kier alpha value is -0.820. The van der Waals surface area contributed by atoms with Crippen LogP contribution in [0.3, 0.4) is 0 Å². The molecule has 0 amide bonds. The van der Waals surface area contributed by atoms with Crippen LogP contribution in [0.5, 0.6) is 0 Å². The number of fused-ring (bicyclic) bond motifs is 3. The summed E-state index contributed by atoms with van der Waals surface area (Å²) in [6, 6.07) is 2.46. The smallest absolute Gasteiger partial charge is 0.0211 e. The Balaban J connectivity index is 2.18. The summed E-state index contributed by atoms with van der Waals surface area (Å²) in [5, 5.41) is 3.52. The zero-order valence-electron chi connectivity index (χ0n) is 9.53. The van der Waals surface area contributed by atoms with Gasteiger partial charge in [-0.25, -0.2) is 0 Å². The predicted molar refractivity (Wildman–Crippen MR) is 63.2 cm³/mol. The zero-order chi connectivity index (χ0) is 10.3. The van der Waals surface area contributed by atoms with Crippen molar-refractivity contribution in [1.82, 2.24) is 5.32 Å². The Kier molecular flexibility index (Phi) is 2.28. The fourth-order valence-corrected chi connectivity index (χ4v) is 3.19. The van der Waals surface area contributed by atoms with Gasteiger partial charge < -0.3 is 5.32 Å². The van der Waals surface area contributed by atoms with E-state index in [0.29, 0.717) is 0 Å². The van der Waals surface area contributed by atoms with Gasteiger partial charge in [0.15, 0.2) is 0 Å². The molecular weight excluding hydrogens is 182 g/mol. The molecule has 0 fully saturated rings. The average molecular weight is 201 g/mol. The molecule has 1 aliphatic heterocycles. The average Bonchev–Trinajstić information content (AvgIpc) is 2.30. The molecule has 1 heteroatoms. The van der Waals surface area contributed by atoms with Gasteiger partial charge in [0.05, 0.1) is 0 Å². The molecule has 0 atom stereocenters. The Morgan fingerprint density at radius 1 is 1.00 bits per heavy atom. The number of benzene rings is 1. The minimum absolute atomic E-state index is 1.11. The molecule has 0 saturated carbocycles. The molecule has 0 aromatic heterocycles. The predicted octanol–water partition coefficient (Wildman–Crippen LogP) is 2.52. The highest BCUT2D eigenvalue weighted by Crippen LogP contribution is 2.30. The number of rotatable bonds is 0. The molecule has 15 heavy (non-hydrogen) atoms. The summed E-state index contributed by atoms with van der Waals surface area (Å²) in [5.74, 6) is 0. The lowest BCUT2D eigenvalue weighted by molar-refractivity contribution is 0.613. The maximum atomic E-state index is 3.52. The number of nitrogens with one attached hydrogen (secondary N) is 1. The van der Waals surface area contributed by atoms with Gasteiger partial charge >= 0.3 is 0 Å². The lowest BCUT2D eigenvalue weighted by Crippen LogP contribution is -2.27. The van der Waals surface area contributed by atoms with Gasteiger partial charge in [-0.15, -0.1) is 0 Å². The van der Waals surface area contributed by atoms with Crippen molar-refractivity contribution in [3.8, 4) is 0 Å². The third-order valence-electron chi connectivity index (χ3n) is 3.96. The first-order valence-corrected chi connectivity index (χ1v) is 6.20. The molecule has 0 spiro atoms. The molecule has 0 radical (unpaired) electrons. The monoisotopic (exact) mass is 201 g/mol. The van der Waals surface area contributed by atoms with Crippen LogP contribution in [0.25, 0.3) is 0 Å². The topological polar surface area (TPSA) is 12.0 Å². The number of aryl methyl sites for hydroxylation is 2. The van der Waals surface area contributed by atoms with Crippen LogP contribution in [-0.2, 0) is 25.8 Å². The van der Waals surface area contributed by atoms with E-state index in [0.717, 1.165) is 13.1 Å². The minimum Gasteiger partial charge on any atom is -0.312 e. The largest absolute Gasteiger partial charge is 0.312 e. The quantitative estimate of drug-likeness (QED) is 0.680. The van der Waals surface area contributed by atoms with E-state index in [2.05, 4.69) is 18.3 Å². The molecule has 0 unspecified atom stereocenters. The molecule has 2 aliphatic rings. The number of hydrogen-bond acceptors (Lipinski definition) is 1. The van der Waals surface area contributed by atoms with Crippen molar-refractivity contribution in [3.05, 3.63) is 33.9 Å². The van der Waals surface area contributed by atoms with Gasteiger partial charge in [0.1, 0.15) is 0 Å². The van der Waals surface area contributed by atoms with Gasteiger partial charge in [0, 0.05) is 6.54 Å². The van der Waals surface area contributed by atoms with E-state index in [9.17, 15) is 0 Å². The van der Waals surface area contributed by atoms with Gasteiger partial charge in [-0.3, -0.25) is 0 Å². The van der Waals surface area contributed by atoms with Gasteiger partial charge in [-0.1, -0.05) is 6.07 Å². The standard InChI is InChI=1S/C14H19N/c1-10-8-11-4-2-3-5-13(11)14-9-15-7-6-12(10)14/h8,15H,2-7,9H2,1H3. The summed E-state index contributed by atoms with van der Waals surface area (Å²) in [6.07, 6.45) is 6.64. The Morgan fingerprint density at radius 3 is 2.80 bits per heavy atom. The van der Waals surface area contributed by atoms with Crippen LogP contribution in [0.4, 0.5) is 0 Å². The van der Waals surface area contributed by atoms with E-state index in [1.54, 1.807) is 22.3 Å². The first kappa shape index (κ1) is 9.41. The molecule has 1 heterocycles. The summed E-state index contributed by atoms with van der Waals surface area (Å²) in [4.78, 5) is 0. The van der Waals surface area contributed by atoms with Crippen molar-refractivity contribution in [2.45, 2.75) is 45.6 Å². The minimum atomic E-state index is 1.11. The molecule has 0 bridgehead atoms. The lowest BCUT2D eigenvalue weighted by Gasteiger charge is -2.27. The highest BCUT2D eigenvalue weighted by Gasteiger charge is 2.20. The molecule has 0 saturated heterocycles. The van der Waals surface area contributed by atoms with Crippen molar-refractivity contribution < 1.29 is 0 Å².